The second-order valence-corrected chi connectivity index (χ2v) is 10.2. The molecule has 35 heavy (non-hydrogen) atoms. The molecule has 2 atom stereocenters. The Morgan fingerprint density at radius 2 is 1.69 bits per heavy atom. The quantitative estimate of drug-likeness (QED) is 0.480. The molecule has 2 amide bonds. The van der Waals surface area contributed by atoms with E-state index in [0.29, 0.717) is 13.1 Å². The summed E-state index contributed by atoms with van der Waals surface area (Å²) in [6.45, 7) is 3.31. The molecule has 2 fully saturated rings. The van der Waals surface area contributed by atoms with E-state index in [1.807, 2.05) is 49.4 Å². The van der Waals surface area contributed by atoms with Crippen LogP contribution >= 0.6 is 0 Å². The number of ether oxygens (including phenoxy) is 1. The minimum Gasteiger partial charge on any atom is -0.445 e. The number of hydrogen-bond donors (Lipinski definition) is 1. The van der Waals surface area contributed by atoms with Crippen LogP contribution < -0.4 is 5.32 Å². The molecule has 1 unspecified atom stereocenters. The number of amides is 2. The Hall–Kier alpha value is -3.34. The van der Waals surface area contributed by atoms with Crippen molar-refractivity contribution in [1.82, 2.24) is 10.2 Å². The van der Waals surface area contributed by atoms with E-state index in [-0.39, 0.29) is 36.0 Å². The number of nitrogens with zero attached hydrogens (tertiary/aromatic N) is 1. The molecule has 1 heterocycles. The zero-order valence-electron chi connectivity index (χ0n) is 20.4. The topological polar surface area (TPSA) is 58.6 Å². The molecule has 1 aliphatic heterocycles. The number of rotatable bonds is 5. The SMILES string of the molecule is CC(NC(=O)[C@H]1CN(C(=O)OCc2ccccc2)CC12CCCCC2)c1ccc2ccccc2c1. The maximum Gasteiger partial charge on any atom is 0.410 e. The maximum absolute atomic E-state index is 13.6. The molecular weight excluding hydrogens is 436 g/mol. The summed E-state index contributed by atoms with van der Waals surface area (Å²) < 4.78 is 5.62. The van der Waals surface area contributed by atoms with Crippen LogP contribution in [0.3, 0.4) is 0 Å². The van der Waals surface area contributed by atoms with Crippen LogP contribution in [0.5, 0.6) is 0 Å². The molecule has 0 radical (unpaired) electrons. The van der Waals surface area contributed by atoms with Crippen LogP contribution in [0.15, 0.2) is 72.8 Å². The van der Waals surface area contributed by atoms with Crippen LogP contribution in [-0.4, -0.2) is 30.0 Å². The van der Waals surface area contributed by atoms with Crippen molar-refractivity contribution < 1.29 is 14.3 Å². The molecule has 1 spiro atoms. The zero-order chi connectivity index (χ0) is 24.3. The van der Waals surface area contributed by atoms with Gasteiger partial charge in [0.05, 0.1) is 12.0 Å². The largest absolute Gasteiger partial charge is 0.445 e. The van der Waals surface area contributed by atoms with Gasteiger partial charge in [0.25, 0.3) is 0 Å². The average molecular weight is 471 g/mol. The first-order valence-corrected chi connectivity index (χ1v) is 12.8. The number of benzene rings is 3. The average Bonchev–Trinajstić information content (AvgIpc) is 3.26. The highest BCUT2D eigenvalue weighted by Gasteiger charge is 2.51. The lowest BCUT2D eigenvalue weighted by Crippen LogP contribution is -2.43. The normalized spacial score (nSPS) is 20.0. The van der Waals surface area contributed by atoms with E-state index >= 15 is 0 Å². The lowest BCUT2D eigenvalue weighted by Gasteiger charge is -2.37. The Morgan fingerprint density at radius 3 is 2.46 bits per heavy atom. The van der Waals surface area contributed by atoms with E-state index < -0.39 is 0 Å². The molecule has 5 rings (SSSR count). The lowest BCUT2D eigenvalue weighted by atomic mass is 9.67. The summed E-state index contributed by atoms with van der Waals surface area (Å²) in [7, 11) is 0. The molecule has 2 aliphatic rings. The van der Waals surface area contributed by atoms with Crippen LogP contribution in [0.2, 0.25) is 0 Å². The van der Waals surface area contributed by atoms with Crippen molar-refractivity contribution in [1.29, 1.82) is 0 Å². The van der Waals surface area contributed by atoms with Crippen LogP contribution in [0.25, 0.3) is 10.8 Å². The van der Waals surface area contributed by atoms with Crippen molar-refractivity contribution >= 4 is 22.8 Å². The fourth-order valence-corrected chi connectivity index (χ4v) is 5.92. The summed E-state index contributed by atoms with van der Waals surface area (Å²) in [6.07, 6.45) is 5.06. The number of nitrogens with one attached hydrogen (secondary N) is 1. The van der Waals surface area contributed by atoms with Gasteiger partial charge in [0.2, 0.25) is 5.91 Å². The summed E-state index contributed by atoms with van der Waals surface area (Å²) in [6, 6.07) is 24.2. The fraction of sp³-hybridized carbons (Fsp3) is 0.400. The van der Waals surface area contributed by atoms with Crippen molar-refractivity contribution in [3.8, 4) is 0 Å². The molecule has 0 bridgehead atoms. The van der Waals surface area contributed by atoms with Crippen molar-refractivity contribution in [3.05, 3.63) is 83.9 Å². The predicted octanol–water partition coefficient (Wildman–Crippen LogP) is 6.24. The van der Waals surface area contributed by atoms with Crippen molar-refractivity contribution in [2.24, 2.45) is 11.3 Å². The van der Waals surface area contributed by atoms with Gasteiger partial charge < -0.3 is 15.0 Å². The number of carbonyl (C=O) groups excluding carboxylic acids is 2. The van der Waals surface area contributed by atoms with E-state index in [0.717, 1.165) is 36.8 Å². The van der Waals surface area contributed by atoms with Gasteiger partial charge in [-0.25, -0.2) is 4.79 Å². The predicted molar refractivity (Wildman–Crippen MR) is 138 cm³/mol. The van der Waals surface area contributed by atoms with E-state index in [2.05, 4.69) is 35.6 Å². The summed E-state index contributed by atoms with van der Waals surface area (Å²) in [4.78, 5) is 28.3. The highest BCUT2D eigenvalue weighted by molar-refractivity contribution is 5.84. The summed E-state index contributed by atoms with van der Waals surface area (Å²) in [5.41, 5.74) is 1.90. The Labute approximate surface area is 207 Å². The summed E-state index contributed by atoms with van der Waals surface area (Å²) in [5.74, 6) is -0.166. The molecule has 0 aromatic heterocycles. The van der Waals surface area contributed by atoms with Gasteiger partial charge in [0, 0.05) is 18.5 Å². The molecule has 5 nitrogen and oxygen atoms in total. The van der Waals surface area contributed by atoms with Crippen molar-refractivity contribution in [2.45, 2.75) is 51.7 Å². The van der Waals surface area contributed by atoms with Crippen LogP contribution in [0.4, 0.5) is 4.79 Å². The zero-order valence-corrected chi connectivity index (χ0v) is 20.4. The van der Waals surface area contributed by atoms with Gasteiger partial charge in [-0.3, -0.25) is 4.79 Å². The van der Waals surface area contributed by atoms with Crippen molar-refractivity contribution in [2.75, 3.05) is 13.1 Å². The molecular formula is C30H34N2O3. The molecule has 182 valence electrons. The summed E-state index contributed by atoms with van der Waals surface area (Å²) >= 11 is 0. The van der Waals surface area contributed by atoms with E-state index in [1.165, 1.54) is 17.2 Å². The molecule has 1 saturated carbocycles. The Morgan fingerprint density at radius 1 is 0.971 bits per heavy atom. The molecule has 1 saturated heterocycles. The van der Waals surface area contributed by atoms with Gasteiger partial charge in [0.15, 0.2) is 0 Å². The van der Waals surface area contributed by atoms with Gasteiger partial charge in [-0.2, -0.15) is 0 Å². The molecule has 1 aliphatic carbocycles. The van der Waals surface area contributed by atoms with Gasteiger partial charge >= 0.3 is 6.09 Å². The Bertz CT molecular complexity index is 1190. The number of fused-ring (bicyclic) bond motifs is 1. The van der Waals surface area contributed by atoms with E-state index in [4.69, 9.17) is 4.74 Å². The Balaban J connectivity index is 1.28. The molecule has 1 N–H and O–H groups in total. The maximum atomic E-state index is 13.6. The second-order valence-electron chi connectivity index (χ2n) is 10.2. The van der Waals surface area contributed by atoms with Gasteiger partial charge in [-0.1, -0.05) is 86.0 Å². The third-order valence-corrected chi connectivity index (χ3v) is 7.91. The van der Waals surface area contributed by atoms with E-state index in [9.17, 15) is 9.59 Å². The minimum absolute atomic E-state index is 0.0471. The van der Waals surface area contributed by atoms with Crippen LogP contribution in [-0.2, 0) is 16.1 Å². The van der Waals surface area contributed by atoms with Crippen LogP contribution in [0.1, 0.15) is 56.2 Å². The first-order chi connectivity index (χ1) is 17.0. The molecule has 3 aromatic carbocycles. The van der Waals surface area contributed by atoms with Crippen LogP contribution in [0, 0.1) is 11.3 Å². The highest BCUT2D eigenvalue weighted by Crippen LogP contribution is 2.48. The third kappa shape index (κ3) is 5.04. The molecule has 3 aromatic rings. The number of carbonyl (C=O) groups is 2. The van der Waals surface area contributed by atoms with Gasteiger partial charge in [0.1, 0.15) is 6.61 Å². The minimum atomic E-state index is -0.323. The number of likely N-dealkylation sites (tertiary alicyclic amines) is 1. The number of hydrogen-bond acceptors (Lipinski definition) is 3. The monoisotopic (exact) mass is 470 g/mol. The van der Waals surface area contributed by atoms with E-state index in [1.54, 1.807) is 4.90 Å². The standard InChI is InChI=1S/C30H34N2O3/c1-22(25-15-14-24-12-6-7-13-26(24)18-25)31-28(33)27-19-32(21-30(27)16-8-3-9-17-30)29(34)35-20-23-10-4-2-5-11-23/h2,4-7,10-15,18,22,27H,3,8-9,16-17,19-21H2,1H3,(H,31,33)/t22?,27-/m1/s1. The van der Waals surface area contributed by atoms with Gasteiger partial charge in [-0.15, -0.1) is 0 Å². The fourth-order valence-electron chi connectivity index (χ4n) is 5.92. The highest BCUT2D eigenvalue weighted by atomic mass is 16.6. The lowest BCUT2D eigenvalue weighted by molar-refractivity contribution is -0.129. The first-order valence-electron chi connectivity index (χ1n) is 12.8. The smallest absolute Gasteiger partial charge is 0.410 e. The van der Waals surface area contributed by atoms with Crippen molar-refractivity contribution in [3.63, 3.8) is 0 Å². The van der Waals surface area contributed by atoms with Gasteiger partial charge in [-0.05, 0) is 47.7 Å². The Kier molecular flexibility index (Phi) is 6.76. The molecule has 5 heteroatoms. The third-order valence-electron chi connectivity index (χ3n) is 7.91. The second kappa shape index (κ2) is 10.1. The summed E-state index contributed by atoms with van der Waals surface area (Å²) in [5, 5.41) is 5.63. The first kappa shape index (κ1) is 23.4.